The number of hydrogen-bond donors (Lipinski definition) is 0. The van der Waals surface area contributed by atoms with Gasteiger partial charge in [-0.25, -0.2) is 4.79 Å². The third-order valence-corrected chi connectivity index (χ3v) is 5.25. The average Bonchev–Trinajstić information content (AvgIpc) is 2.60. The van der Waals surface area contributed by atoms with Crippen molar-refractivity contribution in [2.75, 3.05) is 7.11 Å². The molecule has 3 nitrogen and oxygen atoms in total. The molecule has 0 bridgehead atoms. The van der Waals surface area contributed by atoms with Gasteiger partial charge < -0.3 is 4.74 Å². The van der Waals surface area contributed by atoms with Crippen LogP contribution >= 0.6 is 11.8 Å². The number of esters is 1. The standard InChI is InChI=1S/C21H21NO2S/c1-14-7-5-6-8-20(14)25-13-19-11-17(15(2)9-16(19)3)10-18(12-22)21(23)24-4/h5-11H,13H2,1-4H3/b18-10+. The molecule has 0 fully saturated rings. The third kappa shape index (κ3) is 4.74. The fraction of sp³-hybridized carbons (Fsp3) is 0.238. The summed E-state index contributed by atoms with van der Waals surface area (Å²) in [5.41, 5.74) is 5.55. The van der Waals surface area contributed by atoms with Crippen molar-refractivity contribution in [1.82, 2.24) is 0 Å². The van der Waals surface area contributed by atoms with Crippen molar-refractivity contribution in [2.24, 2.45) is 0 Å². The third-order valence-electron chi connectivity index (χ3n) is 4.03. The van der Waals surface area contributed by atoms with Crippen LogP contribution < -0.4 is 0 Å². The maximum atomic E-state index is 11.6. The molecule has 0 saturated carbocycles. The summed E-state index contributed by atoms with van der Waals surface area (Å²) in [6, 6.07) is 14.4. The van der Waals surface area contributed by atoms with E-state index < -0.39 is 5.97 Å². The summed E-state index contributed by atoms with van der Waals surface area (Å²) < 4.78 is 4.65. The number of benzene rings is 2. The zero-order valence-corrected chi connectivity index (χ0v) is 15.7. The second kappa shape index (κ2) is 8.55. The van der Waals surface area contributed by atoms with E-state index in [2.05, 4.69) is 42.8 Å². The van der Waals surface area contributed by atoms with E-state index in [1.165, 1.54) is 28.7 Å². The summed E-state index contributed by atoms with van der Waals surface area (Å²) in [5, 5.41) is 9.16. The molecule has 0 unspecified atom stereocenters. The number of carbonyl (C=O) groups excluding carboxylic acids is 1. The van der Waals surface area contributed by atoms with Crippen molar-refractivity contribution in [3.8, 4) is 6.07 Å². The monoisotopic (exact) mass is 351 g/mol. The van der Waals surface area contributed by atoms with Crippen molar-refractivity contribution < 1.29 is 9.53 Å². The molecular weight excluding hydrogens is 330 g/mol. The lowest BCUT2D eigenvalue weighted by Gasteiger charge is -2.11. The molecule has 2 rings (SSSR count). The molecule has 0 saturated heterocycles. The summed E-state index contributed by atoms with van der Waals surface area (Å²) in [4.78, 5) is 12.9. The van der Waals surface area contributed by atoms with Gasteiger partial charge in [-0.2, -0.15) is 5.26 Å². The first-order valence-corrected chi connectivity index (χ1v) is 8.93. The van der Waals surface area contributed by atoms with Crippen molar-refractivity contribution in [3.63, 3.8) is 0 Å². The largest absolute Gasteiger partial charge is 0.465 e. The zero-order chi connectivity index (χ0) is 18.4. The van der Waals surface area contributed by atoms with Crippen molar-refractivity contribution in [2.45, 2.75) is 31.4 Å². The predicted octanol–water partition coefficient (Wildman–Crippen LogP) is 4.98. The lowest BCUT2D eigenvalue weighted by molar-refractivity contribution is -0.135. The van der Waals surface area contributed by atoms with Crippen LogP contribution in [0.3, 0.4) is 0 Å². The van der Waals surface area contributed by atoms with Gasteiger partial charge >= 0.3 is 5.97 Å². The Morgan fingerprint density at radius 3 is 2.52 bits per heavy atom. The first-order chi connectivity index (χ1) is 12.0. The van der Waals surface area contributed by atoms with Gasteiger partial charge in [0.1, 0.15) is 11.6 Å². The quantitative estimate of drug-likeness (QED) is 0.330. The number of ether oxygens (including phenoxy) is 1. The molecule has 0 aliphatic carbocycles. The molecule has 128 valence electrons. The van der Waals surface area contributed by atoms with Crippen molar-refractivity contribution in [1.29, 1.82) is 5.26 Å². The smallest absolute Gasteiger partial charge is 0.348 e. The van der Waals surface area contributed by atoms with Gasteiger partial charge in [0, 0.05) is 10.6 Å². The van der Waals surface area contributed by atoms with E-state index in [1.807, 2.05) is 25.1 Å². The minimum absolute atomic E-state index is 0.00644. The molecule has 0 amide bonds. The van der Waals surface area contributed by atoms with Gasteiger partial charge in [-0.1, -0.05) is 30.3 Å². The summed E-state index contributed by atoms with van der Waals surface area (Å²) in [6.45, 7) is 6.16. The molecular formula is C21H21NO2S. The predicted molar refractivity (Wildman–Crippen MR) is 102 cm³/mol. The molecule has 0 atom stereocenters. The molecule has 25 heavy (non-hydrogen) atoms. The van der Waals surface area contributed by atoms with Gasteiger partial charge in [0.05, 0.1) is 7.11 Å². The van der Waals surface area contributed by atoms with E-state index >= 15 is 0 Å². The minimum atomic E-state index is -0.613. The Labute approximate surface area is 153 Å². The average molecular weight is 351 g/mol. The van der Waals surface area contributed by atoms with Crippen LogP contribution in [-0.4, -0.2) is 13.1 Å². The number of thioether (sulfide) groups is 1. The van der Waals surface area contributed by atoms with Gasteiger partial charge in [-0.05, 0) is 60.7 Å². The van der Waals surface area contributed by atoms with Gasteiger partial charge in [-0.15, -0.1) is 11.8 Å². The second-order valence-corrected chi connectivity index (χ2v) is 6.87. The Morgan fingerprint density at radius 1 is 1.16 bits per heavy atom. The summed E-state index contributed by atoms with van der Waals surface area (Å²) in [7, 11) is 1.28. The first kappa shape index (κ1) is 18.8. The van der Waals surface area contributed by atoms with E-state index in [4.69, 9.17) is 5.26 Å². The van der Waals surface area contributed by atoms with Crippen LogP contribution in [0.4, 0.5) is 0 Å². The van der Waals surface area contributed by atoms with Gasteiger partial charge in [0.15, 0.2) is 0 Å². The number of aryl methyl sites for hydroxylation is 3. The summed E-state index contributed by atoms with van der Waals surface area (Å²) >= 11 is 1.79. The van der Waals surface area contributed by atoms with Crippen molar-refractivity contribution >= 4 is 23.8 Å². The summed E-state index contributed by atoms with van der Waals surface area (Å²) in [6.07, 6.45) is 1.60. The van der Waals surface area contributed by atoms with E-state index in [0.29, 0.717) is 0 Å². The molecule has 0 aromatic heterocycles. The fourth-order valence-corrected chi connectivity index (χ4v) is 3.60. The Hall–Kier alpha value is -2.51. The Morgan fingerprint density at radius 2 is 1.88 bits per heavy atom. The number of methoxy groups -OCH3 is 1. The number of hydrogen-bond acceptors (Lipinski definition) is 4. The Kier molecular flexibility index (Phi) is 6.44. The normalized spacial score (nSPS) is 11.1. The highest BCUT2D eigenvalue weighted by Gasteiger charge is 2.11. The van der Waals surface area contributed by atoms with Crippen LogP contribution in [0.2, 0.25) is 0 Å². The number of nitriles is 1. The molecule has 0 aliphatic rings. The molecule has 0 spiro atoms. The number of rotatable bonds is 5. The highest BCUT2D eigenvalue weighted by atomic mass is 32.2. The highest BCUT2D eigenvalue weighted by molar-refractivity contribution is 7.98. The van der Waals surface area contributed by atoms with Crippen LogP contribution in [0.25, 0.3) is 6.08 Å². The molecule has 0 heterocycles. The zero-order valence-electron chi connectivity index (χ0n) is 14.9. The number of carbonyl (C=O) groups is 1. The van der Waals surface area contributed by atoms with Gasteiger partial charge in [-0.3, -0.25) is 0 Å². The molecule has 0 N–H and O–H groups in total. The fourth-order valence-electron chi connectivity index (χ4n) is 2.50. The maximum absolute atomic E-state index is 11.6. The van der Waals surface area contributed by atoms with E-state index in [9.17, 15) is 4.79 Å². The summed E-state index contributed by atoms with van der Waals surface area (Å²) in [5.74, 6) is 0.219. The van der Waals surface area contributed by atoms with E-state index in [1.54, 1.807) is 17.8 Å². The van der Waals surface area contributed by atoms with Gasteiger partial charge in [0.2, 0.25) is 0 Å². The van der Waals surface area contributed by atoms with Gasteiger partial charge in [0.25, 0.3) is 0 Å². The van der Waals surface area contributed by atoms with E-state index in [0.717, 1.165) is 16.9 Å². The lowest BCUT2D eigenvalue weighted by Crippen LogP contribution is -2.03. The van der Waals surface area contributed by atoms with Crippen LogP contribution in [-0.2, 0) is 15.3 Å². The van der Waals surface area contributed by atoms with E-state index in [-0.39, 0.29) is 5.57 Å². The molecule has 4 heteroatoms. The highest BCUT2D eigenvalue weighted by Crippen LogP contribution is 2.28. The number of nitrogens with zero attached hydrogens (tertiary/aromatic N) is 1. The first-order valence-electron chi connectivity index (χ1n) is 7.95. The molecule has 0 radical (unpaired) electrons. The van der Waals surface area contributed by atoms with Crippen molar-refractivity contribution in [3.05, 3.63) is 69.8 Å². The molecule has 2 aromatic carbocycles. The SMILES string of the molecule is COC(=O)/C(C#N)=C/c1cc(CSc2ccccc2C)c(C)cc1C. The minimum Gasteiger partial charge on any atom is -0.465 e. The van der Waals surface area contributed by atoms with Crippen LogP contribution in [0.1, 0.15) is 27.8 Å². The Bertz CT molecular complexity index is 863. The van der Waals surface area contributed by atoms with Crippen LogP contribution in [0, 0.1) is 32.1 Å². The lowest BCUT2D eigenvalue weighted by atomic mass is 9.99. The second-order valence-electron chi connectivity index (χ2n) is 5.85. The molecule has 2 aromatic rings. The Balaban J connectivity index is 2.32. The molecule has 0 aliphatic heterocycles. The van der Waals surface area contributed by atoms with Crippen LogP contribution in [0.5, 0.6) is 0 Å². The maximum Gasteiger partial charge on any atom is 0.348 e. The van der Waals surface area contributed by atoms with Crippen LogP contribution in [0.15, 0.2) is 46.9 Å². The topological polar surface area (TPSA) is 50.1 Å².